The van der Waals surface area contributed by atoms with Gasteiger partial charge in [0.15, 0.2) is 0 Å². The molecule has 0 spiro atoms. The summed E-state index contributed by atoms with van der Waals surface area (Å²) < 4.78 is 22.7. The summed E-state index contributed by atoms with van der Waals surface area (Å²) in [6, 6.07) is 13.0. The van der Waals surface area contributed by atoms with Gasteiger partial charge in [0.25, 0.3) is 0 Å². The van der Waals surface area contributed by atoms with Crippen LogP contribution in [0.2, 0.25) is 0 Å². The molecule has 2 aromatic rings. The summed E-state index contributed by atoms with van der Waals surface area (Å²) in [6.07, 6.45) is 0. The number of benzene rings is 2. The van der Waals surface area contributed by atoms with Crippen LogP contribution in [0.4, 0.5) is 5.69 Å². The molecule has 0 fully saturated rings. The number of nitrogens with two attached hydrogens (primary N) is 1. The molecule has 0 aliphatic rings. The summed E-state index contributed by atoms with van der Waals surface area (Å²) in [5.74, 6) is 0.194. The Kier molecular flexibility index (Phi) is 3.96. The average Bonchev–Trinajstić information content (AvgIpc) is 2.40. The quantitative estimate of drug-likeness (QED) is 0.753. The minimum absolute atomic E-state index is 0.0920. The molecule has 0 aliphatic heterocycles. The van der Waals surface area contributed by atoms with Crippen molar-refractivity contribution in [3.63, 3.8) is 0 Å². The van der Waals surface area contributed by atoms with Crippen LogP contribution in [0.1, 0.15) is 18.5 Å². The normalized spacial score (nSPS) is 12.9. The van der Waals surface area contributed by atoms with Crippen LogP contribution < -0.4 is 10.5 Å². The smallest absolute Gasteiger partial charge is 0.238 e. The zero-order valence-electron chi connectivity index (χ0n) is 10.9. The Bertz CT molecular complexity index is 697. The Morgan fingerprint density at radius 2 is 1.80 bits per heavy atom. The molecule has 0 aromatic heterocycles. The van der Waals surface area contributed by atoms with Gasteiger partial charge < -0.3 is 10.4 Å². The second-order valence-electron chi connectivity index (χ2n) is 4.53. The molecule has 6 heteroatoms. The number of primary sulfonamides is 1. The molecule has 2 rings (SSSR count). The first-order valence-electron chi connectivity index (χ1n) is 6.04. The first-order chi connectivity index (χ1) is 9.36. The number of phenolic OH excluding ortho intramolecular Hbond substituents is 1. The predicted octanol–water partition coefficient (Wildman–Crippen LogP) is 2.21. The number of phenols is 1. The molecule has 20 heavy (non-hydrogen) atoms. The summed E-state index contributed by atoms with van der Waals surface area (Å²) in [5, 5.41) is 17.6. The Labute approximate surface area is 118 Å². The minimum atomic E-state index is -3.70. The van der Waals surface area contributed by atoms with Crippen molar-refractivity contribution in [3.05, 3.63) is 54.1 Å². The molecular formula is C14H16N2O3S. The molecule has 4 N–H and O–H groups in total. The average molecular weight is 292 g/mol. The first kappa shape index (κ1) is 14.4. The van der Waals surface area contributed by atoms with Gasteiger partial charge in [-0.2, -0.15) is 0 Å². The third kappa shape index (κ3) is 3.49. The van der Waals surface area contributed by atoms with Gasteiger partial charge >= 0.3 is 0 Å². The van der Waals surface area contributed by atoms with Crippen LogP contribution in [0.3, 0.4) is 0 Å². The highest BCUT2D eigenvalue weighted by atomic mass is 32.2. The lowest BCUT2D eigenvalue weighted by atomic mass is 10.1. The maximum Gasteiger partial charge on any atom is 0.238 e. The van der Waals surface area contributed by atoms with Gasteiger partial charge in [0, 0.05) is 11.7 Å². The minimum Gasteiger partial charge on any atom is -0.508 e. The fourth-order valence-corrected chi connectivity index (χ4v) is 2.42. The third-order valence-corrected chi connectivity index (χ3v) is 3.85. The van der Waals surface area contributed by atoms with E-state index >= 15 is 0 Å². The van der Waals surface area contributed by atoms with Crippen molar-refractivity contribution in [1.82, 2.24) is 0 Å². The molecular weight excluding hydrogens is 276 g/mol. The Hall–Kier alpha value is -2.05. The van der Waals surface area contributed by atoms with Gasteiger partial charge in [-0.1, -0.05) is 12.1 Å². The molecule has 5 nitrogen and oxygen atoms in total. The van der Waals surface area contributed by atoms with Crippen molar-refractivity contribution in [2.75, 3.05) is 5.32 Å². The van der Waals surface area contributed by atoms with E-state index < -0.39 is 10.0 Å². The fraction of sp³-hybridized carbons (Fsp3) is 0.143. The number of anilines is 1. The van der Waals surface area contributed by atoms with Gasteiger partial charge in [-0.25, -0.2) is 13.6 Å². The van der Waals surface area contributed by atoms with Gasteiger partial charge in [0.05, 0.1) is 4.90 Å². The number of aromatic hydroxyl groups is 1. The van der Waals surface area contributed by atoms with E-state index in [1.807, 2.05) is 13.0 Å². The molecule has 0 amide bonds. The number of hydrogen-bond donors (Lipinski definition) is 3. The first-order valence-corrected chi connectivity index (χ1v) is 7.59. The van der Waals surface area contributed by atoms with Gasteiger partial charge in [-0.15, -0.1) is 0 Å². The Morgan fingerprint density at radius 3 is 2.40 bits per heavy atom. The van der Waals surface area contributed by atoms with Crippen molar-refractivity contribution in [2.45, 2.75) is 17.9 Å². The lowest BCUT2D eigenvalue weighted by molar-refractivity contribution is 0.475. The zero-order valence-corrected chi connectivity index (χ0v) is 11.8. The van der Waals surface area contributed by atoms with Gasteiger partial charge in [-0.3, -0.25) is 0 Å². The van der Waals surface area contributed by atoms with E-state index in [9.17, 15) is 13.5 Å². The molecule has 0 bridgehead atoms. The molecule has 0 heterocycles. The van der Waals surface area contributed by atoms with Crippen LogP contribution in [-0.4, -0.2) is 13.5 Å². The topological polar surface area (TPSA) is 92.4 Å². The predicted molar refractivity (Wildman–Crippen MR) is 78.0 cm³/mol. The Morgan fingerprint density at radius 1 is 1.15 bits per heavy atom. The van der Waals surface area contributed by atoms with Crippen LogP contribution in [0.5, 0.6) is 5.75 Å². The molecule has 1 atom stereocenters. The fourth-order valence-electron chi connectivity index (χ4n) is 1.85. The van der Waals surface area contributed by atoms with Crippen molar-refractivity contribution in [3.8, 4) is 5.75 Å². The number of sulfonamides is 1. The van der Waals surface area contributed by atoms with Crippen LogP contribution in [0, 0.1) is 0 Å². The van der Waals surface area contributed by atoms with Gasteiger partial charge in [0.2, 0.25) is 10.0 Å². The maximum atomic E-state index is 11.3. The highest BCUT2D eigenvalue weighted by Gasteiger charge is 2.11. The van der Waals surface area contributed by atoms with E-state index in [2.05, 4.69) is 5.32 Å². The summed E-state index contributed by atoms with van der Waals surface area (Å²) >= 11 is 0. The van der Waals surface area contributed by atoms with Crippen LogP contribution >= 0.6 is 0 Å². The van der Waals surface area contributed by atoms with Crippen LogP contribution in [0.15, 0.2) is 53.4 Å². The monoisotopic (exact) mass is 292 g/mol. The van der Waals surface area contributed by atoms with Crippen molar-refractivity contribution in [1.29, 1.82) is 0 Å². The van der Waals surface area contributed by atoms with E-state index in [0.29, 0.717) is 0 Å². The van der Waals surface area contributed by atoms with E-state index in [0.717, 1.165) is 11.3 Å². The lowest BCUT2D eigenvalue weighted by Crippen LogP contribution is -2.13. The third-order valence-electron chi connectivity index (χ3n) is 2.94. The van der Waals surface area contributed by atoms with E-state index in [1.165, 1.54) is 6.07 Å². The highest BCUT2D eigenvalue weighted by Crippen LogP contribution is 2.22. The number of hydrogen-bond acceptors (Lipinski definition) is 4. The largest absolute Gasteiger partial charge is 0.508 e. The molecule has 0 saturated carbocycles. The molecule has 1 unspecified atom stereocenters. The summed E-state index contributed by atoms with van der Waals surface area (Å²) in [6.45, 7) is 1.91. The number of rotatable bonds is 4. The molecule has 2 aromatic carbocycles. The molecule has 106 valence electrons. The molecule has 0 aliphatic carbocycles. The zero-order chi connectivity index (χ0) is 14.8. The molecule has 0 saturated heterocycles. The summed E-state index contributed by atoms with van der Waals surface area (Å²) in [4.78, 5) is 0.0920. The highest BCUT2D eigenvalue weighted by molar-refractivity contribution is 7.89. The summed E-state index contributed by atoms with van der Waals surface area (Å²) in [5.41, 5.74) is 1.64. The van der Waals surface area contributed by atoms with E-state index in [1.54, 1.807) is 36.4 Å². The second kappa shape index (κ2) is 5.52. The Balaban J connectivity index is 2.21. The van der Waals surface area contributed by atoms with Gasteiger partial charge in [-0.05, 0) is 48.9 Å². The van der Waals surface area contributed by atoms with Gasteiger partial charge in [0.1, 0.15) is 5.75 Å². The standard InChI is InChI=1S/C14H16N2O3S/c1-10(16-12-5-7-13(17)8-6-12)11-3-2-4-14(9-11)20(15,18)19/h2-10,16-17H,1H3,(H2,15,18,19). The molecule has 0 radical (unpaired) electrons. The summed E-state index contributed by atoms with van der Waals surface area (Å²) in [7, 11) is -3.70. The van der Waals surface area contributed by atoms with Crippen LogP contribution in [0.25, 0.3) is 0 Å². The van der Waals surface area contributed by atoms with Crippen molar-refractivity contribution in [2.24, 2.45) is 5.14 Å². The van der Waals surface area contributed by atoms with E-state index in [-0.39, 0.29) is 16.7 Å². The second-order valence-corrected chi connectivity index (χ2v) is 6.09. The van der Waals surface area contributed by atoms with Crippen LogP contribution in [-0.2, 0) is 10.0 Å². The lowest BCUT2D eigenvalue weighted by Gasteiger charge is -2.16. The SMILES string of the molecule is CC(Nc1ccc(O)cc1)c1cccc(S(N)(=O)=O)c1. The maximum absolute atomic E-state index is 11.3. The number of nitrogens with one attached hydrogen (secondary N) is 1. The van der Waals surface area contributed by atoms with E-state index in [4.69, 9.17) is 5.14 Å². The van der Waals surface area contributed by atoms with Crippen molar-refractivity contribution >= 4 is 15.7 Å². The van der Waals surface area contributed by atoms with Crippen molar-refractivity contribution < 1.29 is 13.5 Å².